The van der Waals surface area contributed by atoms with Gasteiger partial charge in [-0.05, 0) is 50.6 Å². The van der Waals surface area contributed by atoms with Crippen LogP contribution in [0.15, 0.2) is 47.4 Å². The summed E-state index contributed by atoms with van der Waals surface area (Å²) in [6.07, 6.45) is 0. The van der Waals surface area contributed by atoms with E-state index in [1.165, 1.54) is 12.1 Å². The number of carbonyl (C=O) groups excluding carboxylic acids is 1. The zero-order valence-corrected chi connectivity index (χ0v) is 16.2. The van der Waals surface area contributed by atoms with Gasteiger partial charge in [-0.3, -0.25) is 9.52 Å². The van der Waals surface area contributed by atoms with Crippen LogP contribution >= 0.6 is 0 Å². The average Bonchev–Trinajstić information content (AvgIpc) is 2.57. The molecule has 0 saturated carbocycles. The summed E-state index contributed by atoms with van der Waals surface area (Å²) < 4.78 is 32.8. The average molecular weight is 376 g/mol. The molecule has 2 aromatic rings. The van der Waals surface area contributed by atoms with Crippen molar-refractivity contribution in [2.24, 2.45) is 0 Å². The van der Waals surface area contributed by atoms with E-state index in [1.807, 2.05) is 26.0 Å². The van der Waals surface area contributed by atoms with E-state index in [9.17, 15) is 13.2 Å². The molecule has 0 aromatic heterocycles. The van der Waals surface area contributed by atoms with Gasteiger partial charge in [0.05, 0.1) is 11.5 Å². The van der Waals surface area contributed by atoms with Crippen LogP contribution in [0.1, 0.15) is 28.4 Å². The van der Waals surface area contributed by atoms with Gasteiger partial charge in [-0.25, -0.2) is 8.42 Å². The van der Waals surface area contributed by atoms with Gasteiger partial charge in [0.25, 0.3) is 15.9 Å². The third kappa shape index (κ3) is 5.06. The molecule has 2 aromatic carbocycles. The lowest BCUT2D eigenvalue weighted by molar-refractivity contribution is 0.0904. The second-order valence-electron chi connectivity index (χ2n) is 6.28. The highest BCUT2D eigenvalue weighted by atomic mass is 32.2. The Morgan fingerprint density at radius 3 is 2.38 bits per heavy atom. The summed E-state index contributed by atoms with van der Waals surface area (Å²) in [5.41, 5.74) is 2.52. The summed E-state index contributed by atoms with van der Waals surface area (Å²) in [5, 5.41) is 2.79. The first-order valence-electron chi connectivity index (χ1n) is 8.23. The van der Waals surface area contributed by atoms with E-state index < -0.39 is 10.0 Å². The molecule has 0 unspecified atom stereocenters. The minimum Gasteiger partial charge on any atom is -0.383 e. The van der Waals surface area contributed by atoms with Crippen LogP contribution in [0.3, 0.4) is 0 Å². The number of ether oxygens (including phenoxy) is 1. The molecule has 6 nitrogen and oxygen atoms in total. The van der Waals surface area contributed by atoms with Crippen molar-refractivity contribution in [3.8, 4) is 0 Å². The summed E-state index contributed by atoms with van der Waals surface area (Å²) in [6, 6.07) is 11.4. The molecule has 26 heavy (non-hydrogen) atoms. The van der Waals surface area contributed by atoms with Crippen molar-refractivity contribution in [1.82, 2.24) is 5.32 Å². The lowest BCUT2D eigenvalue weighted by Gasteiger charge is -2.15. The second kappa shape index (κ2) is 8.33. The minimum atomic E-state index is -3.79. The van der Waals surface area contributed by atoms with Crippen LogP contribution in [0, 0.1) is 13.8 Å². The first kappa shape index (κ1) is 19.9. The van der Waals surface area contributed by atoms with Gasteiger partial charge in [-0.15, -0.1) is 0 Å². The fraction of sp³-hybridized carbons (Fsp3) is 0.316. The first-order chi connectivity index (χ1) is 12.2. The van der Waals surface area contributed by atoms with Crippen molar-refractivity contribution in [3.05, 3.63) is 59.2 Å². The van der Waals surface area contributed by atoms with Crippen LogP contribution < -0.4 is 10.0 Å². The number of rotatable bonds is 7. The van der Waals surface area contributed by atoms with Crippen LogP contribution in [0.5, 0.6) is 0 Å². The molecule has 0 bridgehead atoms. The van der Waals surface area contributed by atoms with Gasteiger partial charge in [0.1, 0.15) is 0 Å². The van der Waals surface area contributed by atoms with Crippen LogP contribution in [-0.2, 0) is 14.8 Å². The van der Waals surface area contributed by atoms with Crippen molar-refractivity contribution in [3.63, 3.8) is 0 Å². The predicted octanol–water partition coefficient (Wildman–Crippen LogP) is 2.87. The summed E-state index contributed by atoms with van der Waals surface area (Å²) in [7, 11) is -2.24. The molecule has 0 radical (unpaired) electrons. The molecule has 0 aliphatic rings. The van der Waals surface area contributed by atoms with Crippen molar-refractivity contribution in [1.29, 1.82) is 0 Å². The van der Waals surface area contributed by atoms with Gasteiger partial charge in [0.2, 0.25) is 0 Å². The Labute approximate surface area is 154 Å². The maximum absolute atomic E-state index is 12.6. The normalized spacial score (nSPS) is 12.5. The highest BCUT2D eigenvalue weighted by molar-refractivity contribution is 7.92. The van der Waals surface area contributed by atoms with Crippen LogP contribution in [0.4, 0.5) is 5.69 Å². The number of aryl methyl sites for hydroxylation is 2. The van der Waals surface area contributed by atoms with Gasteiger partial charge in [-0.2, -0.15) is 0 Å². The van der Waals surface area contributed by atoms with Crippen molar-refractivity contribution < 1.29 is 17.9 Å². The number of hydrogen-bond acceptors (Lipinski definition) is 4. The van der Waals surface area contributed by atoms with E-state index >= 15 is 0 Å². The molecule has 0 aliphatic carbocycles. The third-order valence-corrected chi connectivity index (χ3v) is 5.24. The van der Waals surface area contributed by atoms with Gasteiger partial charge >= 0.3 is 0 Å². The maximum atomic E-state index is 12.6. The fourth-order valence-corrected chi connectivity index (χ4v) is 3.53. The van der Waals surface area contributed by atoms with Crippen molar-refractivity contribution >= 4 is 21.6 Å². The van der Waals surface area contributed by atoms with E-state index in [-0.39, 0.29) is 16.8 Å². The monoisotopic (exact) mass is 376 g/mol. The second-order valence-corrected chi connectivity index (χ2v) is 7.96. The Kier molecular flexibility index (Phi) is 6.39. The van der Waals surface area contributed by atoms with E-state index in [2.05, 4.69) is 10.0 Å². The summed E-state index contributed by atoms with van der Waals surface area (Å²) in [5.74, 6) is -0.334. The topological polar surface area (TPSA) is 84.5 Å². The molecule has 0 fully saturated rings. The Hall–Kier alpha value is -2.38. The third-order valence-electron chi connectivity index (χ3n) is 3.86. The van der Waals surface area contributed by atoms with Gasteiger partial charge < -0.3 is 10.1 Å². The van der Waals surface area contributed by atoms with Gasteiger partial charge in [0, 0.05) is 24.4 Å². The minimum absolute atomic E-state index is 0.0354. The lowest BCUT2D eigenvalue weighted by Crippen LogP contribution is -2.36. The summed E-state index contributed by atoms with van der Waals surface area (Å²) in [6.45, 7) is 5.88. The van der Waals surface area contributed by atoms with E-state index in [0.29, 0.717) is 23.4 Å². The fourth-order valence-electron chi connectivity index (χ4n) is 2.44. The van der Waals surface area contributed by atoms with Crippen LogP contribution in [-0.4, -0.2) is 34.1 Å². The Balaban J connectivity index is 2.26. The Morgan fingerprint density at radius 1 is 1.12 bits per heavy atom. The molecule has 0 heterocycles. The van der Waals surface area contributed by atoms with E-state index in [4.69, 9.17) is 4.74 Å². The number of nitrogens with one attached hydrogen (secondary N) is 2. The SMILES string of the molecule is COC[C@H](C)NC(=O)c1cc(S(=O)(=O)Nc2ccc(C)cc2)ccc1C. The standard InChI is InChI=1S/C19H24N2O4S/c1-13-5-8-16(9-6-13)21-26(23,24)17-10-7-14(2)18(11-17)19(22)20-15(3)12-25-4/h5-11,15,21H,12H2,1-4H3,(H,20,22)/t15-/m0/s1. The predicted molar refractivity (Wildman–Crippen MR) is 102 cm³/mol. The number of amides is 1. The molecule has 7 heteroatoms. The zero-order chi connectivity index (χ0) is 19.3. The number of sulfonamides is 1. The lowest BCUT2D eigenvalue weighted by atomic mass is 10.1. The molecule has 140 valence electrons. The molecule has 0 saturated heterocycles. The summed E-state index contributed by atoms with van der Waals surface area (Å²) >= 11 is 0. The number of hydrogen-bond donors (Lipinski definition) is 2. The number of carbonyl (C=O) groups is 1. The van der Waals surface area contributed by atoms with Crippen molar-refractivity contribution in [2.45, 2.75) is 31.7 Å². The number of benzene rings is 2. The van der Waals surface area contributed by atoms with E-state index in [0.717, 1.165) is 5.56 Å². The molecule has 0 aliphatic heterocycles. The molecule has 1 atom stereocenters. The highest BCUT2D eigenvalue weighted by Crippen LogP contribution is 2.20. The molecule has 2 rings (SSSR count). The number of methoxy groups -OCH3 is 1. The molecule has 1 amide bonds. The maximum Gasteiger partial charge on any atom is 0.261 e. The Morgan fingerprint density at radius 2 is 1.77 bits per heavy atom. The molecule has 0 spiro atoms. The smallest absolute Gasteiger partial charge is 0.261 e. The largest absolute Gasteiger partial charge is 0.383 e. The van der Waals surface area contributed by atoms with Gasteiger partial charge in [-0.1, -0.05) is 23.8 Å². The first-order valence-corrected chi connectivity index (χ1v) is 9.71. The highest BCUT2D eigenvalue weighted by Gasteiger charge is 2.19. The van der Waals surface area contributed by atoms with E-state index in [1.54, 1.807) is 32.2 Å². The quantitative estimate of drug-likeness (QED) is 0.778. The number of anilines is 1. The molecular weight excluding hydrogens is 352 g/mol. The Bertz CT molecular complexity index is 877. The molecular formula is C19H24N2O4S. The molecule has 2 N–H and O–H groups in total. The van der Waals surface area contributed by atoms with Crippen LogP contribution in [0.2, 0.25) is 0 Å². The summed E-state index contributed by atoms with van der Waals surface area (Å²) in [4.78, 5) is 12.5. The van der Waals surface area contributed by atoms with Crippen LogP contribution in [0.25, 0.3) is 0 Å². The van der Waals surface area contributed by atoms with Gasteiger partial charge in [0.15, 0.2) is 0 Å². The van der Waals surface area contributed by atoms with Crippen molar-refractivity contribution in [2.75, 3.05) is 18.4 Å². The zero-order valence-electron chi connectivity index (χ0n) is 15.4.